The Kier molecular flexibility index (Phi) is 4.97. The number of hydrogen-bond donors (Lipinski definition) is 1. The summed E-state index contributed by atoms with van der Waals surface area (Å²) < 4.78 is 33.7. The Hall–Kier alpha value is -1.87. The van der Waals surface area contributed by atoms with Gasteiger partial charge in [0.1, 0.15) is 5.75 Å². The van der Waals surface area contributed by atoms with E-state index >= 15 is 0 Å². The van der Waals surface area contributed by atoms with Gasteiger partial charge in [-0.15, -0.1) is 16.9 Å². The molecule has 0 saturated carbocycles. The maximum absolute atomic E-state index is 12.3. The van der Waals surface area contributed by atoms with Gasteiger partial charge in [-0.05, 0) is 18.4 Å². The first-order valence-electron chi connectivity index (χ1n) is 5.41. The Labute approximate surface area is 126 Å². The number of aromatic nitrogens is 2. The molecule has 0 unspecified atom stereocenters. The zero-order valence-corrected chi connectivity index (χ0v) is 12.0. The molecule has 112 valence electrons. The van der Waals surface area contributed by atoms with E-state index in [4.69, 9.17) is 16.0 Å². The number of hydrogen-bond acceptors (Lipinski definition) is 6. The summed E-state index contributed by atoms with van der Waals surface area (Å²) in [6, 6.07) is 2.41. The van der Waals surface area contributed by atoms with E-state index in [0.29, 0.717) is 0 Å². The summed E-state index contributed by atoms with van der Waals surface area (Å²) in [5.41, 5.74) is 0.0702. The van der Waals surface area contributed by atoms with Gasteiger partial charge in [0.25, 0.3) is 5.91 Å². The molecule has 1 aromatic heterocycles. The molecule has 0 aliphatic rings. The minimum atomic E-state index is -2.98. The Morgan fingerprint density at radius 1 is 1.52 bits per heavy atom. The van der Waals surface area contributed by atoms with Gasteiger partial charge in [0.15, 0.2) is 0 Å². The first kappa shape index (κ1) is 15.5. The number of benzene rings is 1. The summed E-state index contributed by atoms with van der Waals surface area (Å²) in [6.07, 6.45) is 2.67. The van der Waals surface area contributed by atoms with Gasteiger partial charge in [-0.3, -0.25) is 10.1 Å². The molecule has 1 aromatic carbocycles. The van der Waals surface area contributed by atoms with Crippen LogP contribution in [0.1, 0.15) is 10.4 Å². The number of nitrogens with one attached hydrogen (secondary N) is 1. The van der Waals surface area contributed by atoms with Gasteiger partial charge in [-0.2, -0.15) is 8.78 Å². The van der Waals surface area contributed by atoms with Crippen LogP contribution >= 0.6 is 23.4 Å². The van der Waals surface area contributed by atoms with E-state index in [9.17, 15) is 13.6 Å². The van der Waals surface area contributed by atoms with Crippen LogP contribution in [-0.4, -0.2) is 29.0 Å². The van der Waals surface area contributed by atoms with E-state index in [1.54, 1.807) is 6.26 Å². The SMILES string of the molecule is CSc1c(OC(F)F)ccc(C(=O)Nc2nnco2)c1Cl. The smallest absolute Gasteiger partial charge is 0.387 e. The molecular formula is C11H8ClF2N3O3S. The van der Waals surface area contributed by atoms with Crippen LogP contribution in [0.5, 0.6) is 5.75 Å². The average Bonchev–Trinajstić information content (AvgIpc) is 2.91. The molecule has 0 atom stereocenters. The summed E-state index contributed by atoms with van der Waals surface area (Å²) in [4.78, 5) is 12.2. The molecule has 21 heavy (non-hydrogen) atoms. The highest BCUT2D eigenvalue weighted by Crippen LogP contribution is 2.38. The van der Waals surface area contributed by atoms with E-state index < -0.39 is 12.5 Å². The molecule has 1 N–H and O–H groups in total. The van der Waals surface area contributed by atoms with Crippen LogP contribution in [0.3, 0.4) is 0 Å². The predicted molar refractivity (Wildman–Crippen MR) is 72.1 cm³/mol. The van der Waals surface area contributed by atoms with Gasteiger partial charge in [-0.25, -0.2) is 0 Å². The van der Waals surface area contributed by atoms with Crippen molar-refractivity contribution in [3.8, 4) is 5.75 Å². The van der Waals surface area contributed by atoms with E-state index in [1.807, 2.05) is 0 Å². The molecule has 0 bridgehead atoms. The monoisotopic (exact) mass is 335 g/mol. The number of alkyl halides is 2. The molecule has 0 fully saturated rings. The van der Waals surface area contributed by atoms with E-state index in [0.717, 1.165) is 18.2 Å². The number of halogens is 3. The maximum atomic E-state index is 12.3. The van der Waals surface area contributed by atoms with Crippen molar-refractivity contribution >= 4 is 35.3 Å². The van der Waals surface area contributed by atoms with Crippen LogP contribution in [0.2, 0.25) is 5.02 Å². The average molecular weight is 336 g/mol. The largest absolute Gasteiger partial charge is 0.434 e. The topological polar surface area (TPSA) is 77.2 Å². The summed E-state index contributed by atoms with van der Waals surface area (Å²) in [6.45, 7) is -2.98. The number of rotatable bonds is 5. The van der Waals surface area contributed by atoms with Crippen LogP contribution in [0.25, 0.3) is 0 Å². The van der Waals surface area contributed by atoms with Gasteiger partial charge in [0.05, 0.1) is 15.5 Å². The Morgan fingerprint density at radius 3 is 2.86 bits per heavy atom. The van der Waals surface area contributed by atoms with Crippen LogP contribution in [0.15, 0.2) is 27.8 Å². The van der Waals surface area contributed by atoms with Crippen LogP contribution in [0.4, 0.5) is 14.8 Å². The van der Waals surface area contributed by atoms with Crippen molar-refractivity contribution in [2.24, 2.45) is 0 Å². The third kappa shape index (κ3) is 3.61. The molecule has 2 aromatic rings. The number of thioether (sulfide) groups is 1. The van der Waals surface area contributed by atoms with Crippen molar-refractivity contribution in [1.82, 2.24) is 10.2 Å². The zero-order valence-electron chi connectivity index (χ0n) is 10.5. The summed E-state index contributed by atoms with van der Waals surface area (Å²) >= 11 is 7.14. The van der Waals surface area contributed by atoms with E-state index in [-0.39, 0.29) is 27.2 Å². The number of ether oxygens (including phenoxy) is 1. The number of carbonyl (C=O) groups excluding carboxylic acids is 1. The van der Waals surface area contributed by atoms with Crippen molar-refractivity contribution in [2.75, 3.05) is 11.6 Å². The zero-order chi connectivity index (χ0) is 15.4. The molecule has 0 saturated heterocycles. The van der Waals surface area contributed by atoms with Crippen LogP contribution in [0, 0.1) is 0 Å². The van der Waals surface area contributed by atoms with Crippen molar-refractivity contribution in [1.29, 1.82) is 0 Å². The highest BCUT2D eigenvalue weighted by Gasteiger charge is 2.20. The molecule has 10 heteroatoms. The minimum Gasteiger partial charge on any atom is -0.434 e. The molecule has 0 aliphatic carbocycles. The molecule has 0 radical (unpaired) electrons. The lowest BCUT2D eigenvalue weighted by Crippen LogP contribution is -2.13. The standard InChI is InChI=1S/C11H8ClF2N3O3S/c1-21-8-6(20-10(13)14)3-2-5(7(8)12)9(18)16-11-17-15-4-19-11/h2-4,10H,1H3,(H,16,17,18). The van der Waals surface area contributed by atoms with Gasteiger partial charge in [-0.1, -0.05) is 16.7 Å². The van der Waals surface area contributed by atoms with Gasteiger partial charge < -0.3 is 9.15 Å². The fourth-order valence-corrected chi connectivity index (χ4v) is 2.56. The van der Waals surface area contributed by atoms with Gasteiger partial charge in [0, 0.05) is 0 Å². The second-order valence-electron chi connectivity index (χ2n) is 3.54. The Balaban J connectivity index is 2.30. The summed E-state index contributed by atoms with van der Waals surface area (Å²) in [7, 11) is 0. The second kappa shape index (κ2) is 6.72. The molecule has 2 rings (SSSR count). The van der Waals surface area contributed by atoms with Crippen molar-refractivity contribution in [3.63, 3.8) is 0 Å². The van der Waals surface area contributed by atoms with Crippen LogP contribution in [-0.2, 0) is 0 Å². The quantitative estimate of drug-likeness (QED) is 0.845. The maximum Gasteiger partial charge on any atom is 0.387 e. The molecule has 0 spiro atoms. The summed E-state index contributed by atoms with van der Waals surface area (Å²) in [5.74, 6) is -0.708. The minimum absolute atomic E-state index is 0.00216. The van der Waals surface area contributed by atoms with E-state index in [1.165, 1.54) is 12.1 Å². The van der Waals surface area contributed by atoms with Crippen molar-refractivity contribution in [2.45, 2.75) is 11.5 Å². The predicted octanol–water partition coefficient (Wildman–Crippen LogP) is 3.30. The molecule has 6 nitrogen and oxygen atoms in total. The van der Waals surface area contributed by atoms with E-state index in [2.05, 4.69) is 20.3 Å². The first-order valence-corrected chi connectivity index (χ1v) is 7.02. The third-order valence-electron chi connectivity index (χ3n) is 2.31. The first-order chi connectivity index (χ1) is 10.0. The molecule has 1 heterocycles. The second-order valence-corrected chi connectivity index (χ2v) is 4.73. The fourth-order valence-electron chi connectivity index (χ4n) is 1.48. The Morgan fingerprint density at radius 2 is 2.29 bits per heavy atom. The lowest BCUT2D eigenvalue weighted by atomic mass is 10.2. The highest BCUT2D eigenvalue weighted by molar-refractivity contribution is 7.98. The summed E-state index contributed by atoms with van der Waals surface area (Å²) in [5, 5.41) is 9.22. The highest BCUT2D eigenvalue weighted by atomic mass is 35.5. The lowest BCUT2D eigenvalue weighted by molar-refractivity contribution is -0.0516. The number of anilines is 1. The fraction of sp³-hybridized carbons (Fsp3) is 0.182. The normalized spacial score (nSPS) is 10.7. The number of nitrogens with zero attached hydrogens (tertiary/aromatic N) is 2. The van der Waals surface area contributed by atoms with Crippen LogP contribution < -0.4 is 10.1 Å². The molecule has 0 aliphatic heterocycles. The van der Waals surface area contributed by atoms with Gasteiger partial charge in [0.2, 0.25) is 6.39 Å². The molecular weight excluding hydrogens is 328 g/mol. The molecule has 1 amide bonds. The van der Waals surface area contributed by atoms with Crippen molar-refractivity contribution in [3.05, 3.63) is 29.1 Å². The Bertz CT molecular complexity index is 640. The third-order valence-corrected chi connectivity index (χ3v) is 3.62. The van der Waals surface area contributed by atoms with Crippen molar-refractivity contribution < 1.29 is 22.7 Å². The number of amides is 1. The number of carbonyl (C=O) groups is 1. The lowest BCUT2D eigenvalue weighted by Gasteiger charge is -2.13. The van der Waals surface area contributed by atoms with Gasteiger partial charge >= 0.3 is 12.6 Å².